The van der Waals surface area contributed by atoms with Gasteiger partial charge in [0.2, 0.25) is 0 Å². The number of primary amides is 1. The molecule has 2 aromatic rings. The molecule has 1 aromatic heterocycles. The zero-order valence-corrected chi connectivity index (χ0v) is 15.8. The van der Waals surface area contributed by atoms with Gasteiger partial charge in [0, 0.05) is 32.2 Å². The van der Waals surface area contributed by atoms with Crippen LogP contribution in [0.15, 0.2) is 30.3 Å². The number of nitrogens with zero attached hydrogens (tertiary/aromatic N) is 3. The van der Waals surface area contributed by atoms with Crippen molar-refractivity contribution in [3.05, 3.63) is 36.2 Å². The summed E-state index contributed by atoms with van der Waals surface area (Å²) in [7, 11) is 0. The number of hydrogen-bond acceptors (Lipinski definition) is 6. The summed E-state index contributed by atoms with van der Waals surface area (Å²) in [4.78, 5) is 23.6. The van der Waals surface area contributed by atoms with Crippen molar-refractivity contribution in [1.29, 1.82) is 0 Å². The van der Waals surface area contributed by atoms with Crippen LogP contribution in [0.5, 0.6) is 0 Å². The lowest BCUT2D eigenvalue weighted by atomic mass is 9.98. The summed E-state index contributed by atoms with van der Waals surface area (Å²) in [5.41, 5.74) is 7.19. The van der Waals surface area contributed by atoms with E-state index in [0.717, 1.165) is 48.7 Å². The maximum absolute atomic E-state index is 11.7. The molecule has 0 unspecified atom stereocenters. The SMILES string of the molecule is NC(=O)Nc1nc(C2CCOCC2)nc(N2CCOCC2)c1-c1ccccc1. The highest BCUT2D eigenvalue weighted by Gasteiger charge is 2.27. The molecule has 148 valence electrons. The maximum atomic E-state index is 11.7. The van der Waals surface area contributed by atoms with Crippen LogP contribution in [0, 0.1) is 0 Å². The van der Waals surface area contributed by atoms with Gasteiger partial charge in [-0.1, -0.05) is 30.3 Å². The molecule has 2 aliphatic heterocycles. The van der Waals surface area contributed by atoms with Gasteiger partial charge < -0.3 is 20.1 Å². The molecule has 0 bridgehead atoms. The van der Waals surface area contributed by atoms with Crippen LogP contribution in [-0.4, -0.2) is 55.5 Å². The summed E-state index contributed by atoms with van der Waals surface area (Å²) in [6.45, 7) is 4.15. The molecule has 0 spiro atoms. The minimum absolute atomic E-state index is 0.201. The average Bonchev–Trinajstić information content (AvgIpc) is 2.74. The molecule has 28 heavy (non-hydrogen) atoms. The van der Waals surface area contributed by atoms with Crippen LogP contribution >= 0.6 is 0 Å². The quantitative estimate of drug-likeness (QED) is 0.840. The third kappa shape index (κ3) is 4.07. The van der Waals surface area contributed by atoms with Gasteiger partial charge in [-0.3, -0.25) is 5.32 Å². The number of carbonyl (C=O) groups is 1. The molecule has 8 heteroatoms. The molecule has 3 N–H and O–H groups in total. The third-order valence-electron chi connectivity index (χ3n) is 5.11. The second-order valence-corrected chi connectivity index (χ2v) is 6.97. The molecule has 8 nitrogen and oxygen atoms in total. The van der Waals surface area contributed by atoms with Gasteiger partial charge in [-0.05, 0) is 18.4 Å². The third-order valence-corrected chi connectivity index (χ3v) is 5.11. The first-order chi connectivity index (χ1) is 13.7. The van der Waals surface area contributed by atoms with Gasteiger partial charge in [0.15, 0.2) is 0 Å². The molecule has 0 aliphatic carbocycles. The first-order valence-corrected chi connectivity index (χ1v) is 9.66. The molecule has 0 radical (unpaired) electrons. The van der Waals surface area contributed by atoms with Gasteiger partial charge in [0.1, 0.15) is 17.5 Å². The number of morpholine rings is 1. The van der Waals surface area contributed by atoms with Crippen LogP contribution in [0.1, 0.15) is 24.6 Å². The smallest absolute Gasteiger partial charge is 0.317 e. The number of benzene rings is 1. The van der Waals surface area contributed by atoms with Crippen molar-refractivity contribution in [2.24, 2.45) is 5.73 Å². The van der Waals surface area contributed by atoms with Crippen molar-refractivity contribution >= 4 is 17.7 Å². The second kappa shape index (κ2) is 8.53. The molecule has 2 amide bonds. The number of hydrogen-bond donors (Lipinski definition) is 2. The van der Waals surface area contributed by atoms with Gasteiger partial charge >= 0.3 is 6.03 Å². The van der Waals surface area contributed by atoms with Crippen molar-refractivity contribution in [1.82, 2.24) is 9.97 Å². The summed E-state index contributed by atoms with van der Waals surface area (Å²) in [5, 5.41) is 2.73. The van der Waals surface area contributed by atoms with E-state index in [4.69, 9.17) is 25.2 Å². The van der Waals surface area contributed by atoms with Gasteiger partial charge in [0.25, 0.3) is 0 Å². The normalized spacial score (nSPS) is 18.1. The largest absolute Gasteiger partial charge is 0.381 e. The van der Waals surface area contributed by atoms with E-state index in [1.807, 2.05) is 30.3 Å². The number of anilines is 2. The summed E-state index contributed by atoms with van der Waals surface area (Å²) in [5.74, 6) is 2.20. The number of urea groups is 1. The minimum Gasteiger partial charge on any atom is -0.381 e. The van der Waals surface area contributed by atoms with Gasteiger partial charge in [-0.25, -0.2) is 14.8 Å². The molecule has 1 aromatic carbocycles. The fourth-order valence-corrected chi connectivity index (χ4v) is 3.69. The van der Waals surface area contributed by atoms with Crippen molar-refractivity contribution in [3.8, 4) is 11.1 Å². The van der Waals surface area contributed by atoms with Gasteiger partial charge in [-0.2, -0.15) is 0 Å². The Morgan fingerprint density at radius 3 is 2.39 bits per heavy atom. The topological polar surface area (TPSA) is 103 Å². The van der Waals surface area contributed by atoms with Crippen LogP contribution in [0.2, 0.25) is 0 Å². The molecular formula is C20H25N5O3. The highest BCUT2D eigenvalue weighted by Crippen LogP contribution is 2.37. The van der Waals surface area contributed by atoms with E-state index < -0.39 is 6.03 Å². The van der Waals surface area contributed by atoms with Crippen molar-refractivity contribution in [2.75, 3.05) is 49.7 Å². The van der Waals surface area contributed by atoms with Crippen LogP contribution in [0.4, 0.5) is 16.4 Å². The lowest BCUT2D eigenvalue weighted by Crippen LogP contribution is -2.37. The maximum Gasteiger partial charge on any atom is 0.317 e. The Balaban J connectivity index is 1.86. The summed E-state index contributed by atoms with van der Waals surface area (Å²) >= 11 is 0. The number of ether oxygens (including phenoxy) is 2. The molecule has 2 fully saturated rings. The molecule has 3 heterocycles. The zero-order chi connectivity index (χ0) is 19.3. The Morgan fingerprint density at radius 1 is 1.04 bits per heavy atom. The zero-order valence-electron chi connectivity index (χ0n) is 15.8. The van der Waals surface area contributed by atoms with Crippen LogP contribution in [0.3, 0.4) is 0 Å². The Morgan fingerprint density at radius 2 is 1.71 bits per heavy atom. The molecule has 0 saturated carbocycles. The Kier molecular flexibility index (Phi) is 5.68. The second-order valence-electron chi connectivity index (χ2n) is 6.97. The predicted molar refractivity (Wildman–Crippen MR) is 107 cm³/mol. The molecular weight excluding hydrogens is 358 g/mol. The Bertz CT molecular complexity index is 818. The summed E-state index contributed by atoms with van der Waals surface area (Å²) < 4.78 is 11.0. The number of aromatic nitrogens is 2. The fraction of sp³-hybridized carbons (Fsp3) is 0.450. The standard InChI is InChI=1S/C20H25N5O3/c21-20(26)24-18-16(14-4-2-1-3-5-14)19(25-8-12-28-13-9-25)23-17(22-18)15-6-10-27-11-7-15/h1-5,15H,6-13H2,(H3,21,22,23,24,26). The van der Waals surface area contributed by atoms with Crippen molar-refractivity contribution < 1.29 is 14.3 Å². The Labute approximate surface area is 164 Å². The number of amides is 2. The van der Waals surface area contributed by atoms with E-state index in [1.54, 1.807) is 0 Å². The monoisotopic (exact) mass is 383 g/mol. The van der Waals surface area contributed by atoms with E-state index >= 15 is 0 Å². The van der Waals surface area contributed by atoms with E-state index in [1.165, 1.54) is 0 Å². The molecule has 2 saturated heterocycles. The van der Waals surface area contributed by atoms with E-state index in [2.05, 4.69) is 10.2 Å². The number of nitrogens with two attached hydrogens (primary N) is 1. The highest BCUT2D eigenvalue weighted by molar-refractivity contribution is 5.95. The Hall–Kier alpha value is -2.71. The highest BCUT2D eigenvalue weighted by atomic mass is 16.5. The summed E-state index contributed by atoms with van der Waals surface area (Å²) in [6.07, 6.45) is 1.73. The van der Waals surface area contributed by atoms with E-state index in [9.17, 15) is 4.79 Å². The van der Waals surface area contributed by atoms with Crippen LogP contribution in [0.25, 0.3) is 11.1 Å². The average molecular weight is 383 g/mol. The number of carbonyl (C=O) groups excluding carboxylic acids is 1. The fourth-order valence-electron chi connectivity index (χ4n) is 3.69. The first kappa shape index (κ1) is 18.6. The minimum atomic E-state index is -0.637. The van der Waals surface area contributed by atoms with Gasteiger partial charge in [-0.15, -0.1) is 0 Å². The van der Waals surface area contributed by atoms with Gasteiger partial charge in [0.05, 0.1) is 18.8 Å². The molecule has 2 aliphatic rings. The molecule has 0 atom stereocenters. The van der Waals surface area contributed by atoms with Crippen molar-refractivity contribution in [3.63, 3.8) is 0 Å². The van der Waals surface area contributed by atoms with E-state index in [-0.39, 0.29) is 5.92 Å². The van der Waals surface area contributed by atoms with Crippen LogP contribution in [-0.2, 0) is 9.47 Å². The predicted octanol–water partition coefficient (Wildman–Crippen LogP) is 2.36. The molecule has 4 rings (SSSR count). The first-order valence-electron chi connectivity index (χ1n) is 9.66. The summed E-state index contributed by atoms with van der Waals surface area (Å²) in [6, 6.07) is 9.21. The lowest BCUT2D eigenvalue weighted by molar-refractivity contribution is 0.0836. The van der Waals surface area contributed by atoms with E-state index in [0.29, 0.717) is 32.2 Å². The van der Waals surface area contributed by atoms with Crippen LogP contribution < -0.4 is 16.0 Å². The number of nitrogens with one attached hydrogen (secondary N) is 1. The van der Waals surface area contributed by atoms with Crippen molar-refractivity contribution in [2.45, 2.75) is 18.8 Å². The lowest BCUT2D eigenvalue weighted by Gasteiger charge is -2.31. The number of rotatable bonds is 4.